The van der Waals surface area contributed by atoms with Crippen molar-refractivity contribution in [1.29, 1.82) is 0 Å². The van der Waals surface area contributed by atoms with Crippen LogP contribution in [0.4, 0.5) is 0 Å². The van der Waals surface area contributed by atoms with Crippen LogP contribution in [0.3, 0.4) is 0 Å². The Bertz CT molecular complexity index is 1270. The molecule has 0 saturated heterocycles. The number of hydrogen-bond donors (Lipinski definition) is 0. The van der Waals surface area contributed by atoms with E-state index in [1.54, 1.807) is 47.0 Å². The molecule has 0 saturated carbocycles. The second kappa shape index (κ2) is 96.7. The van der Waals surface area contributed by atoms with Gasteiger partial charge in [0.1, 0.15) is 0 Å². The van der Waals surface area contributed by atoms with Gasteiger partial charge in [-0.1, -0.05) is 322 Å². The van der Waals surface area contributed by atoms with Gasteiger partial charge in [-0.25, -0.2) is 0 Å². The van der Waals surface area contributed by atoms with Crippen LogP contribution in [0.25, 0.3) is 0 Å². The summed E-state index contributed by atoms with van der Waals surface area (Å²) < 4.78 is 2.70. The molecule has 0 spiro atoms. The van der Waals surface area contributed by atoms with Crippen molar-refractivity contribution in [2.24, 2.45) is 0 Å². The second-order valence-electron chi connectivity index (χ2n) is 24.1. The van der Waals surface area contributed by atoms with Crippen LogP contribution in [-0.4, -0.2) is 37.1 Å². The molecule has 0 aliphatic rings. The maximum atomic E-state index is 4.88. The molecule has 13 heteroatoms. The number of allylic oxidation sites excluding steroid dienone is 8. The molecule has 0 radical (unpaired) electrons. The second-order valence-corrected chi connectivity index (χ2v) is 34.9. The molecule has 0 atom stereocenters. The summed E-state index contributed by atoms with van der Waals surface area (Å²) in [5.41, 5.74) is 0. The Morgan fingerprint density at radius 1 is 0.202 bits per heavy atom. The molecule has 0 heterocycles. The molecule has 0 fully saturated rings. The quantitative estimate of drug-likeness (QED) is 0.0187. The molecule has 0 unspecified atom stereocenters. The number of unbranched alkanes of at least 4 members (excludes halogenated alkanes) is 48. The summed E-state index contributed by atoms with van der Waals surface area (Å²) in [5, 5.41) is 0. The monoisotopic (exact) mass is 1530 g/mol. The van der Waals surface area contributed by atoms with Crippen LogP contribution < -0.4 is 0 Å². The third-order valence-electron chi connectivity index (χ3n) is 15.5. The fourth-order valence-corrected chi connectivity index (χ4v) is 14.1. The van der Waals surface area contributed by atoms with E-state index < -0.39 is 0 Å². The van der Waals surface area contributed by atoms with Crippen LogP contribution in [0.2, 0.25) is 0 Å². The molecular formula is C76H140MoS12. The number of rotatable bonds is 64. The summed E-state index contributed by atoms with van der Waals surface area (Å²) in [5.74, 6) is 4.46. The van der Waals surface area contributed by atoms with Gasteiger partial charge in [-0.05, 0) is 151 Å². The molecular weight excluding hydrogens is 1390 g/mol. The minimum atomic E-state index is 0. The third-order valence-corrected chi connectivity index (χ3v) is 21.2. The topological polar surface area (TPSA) is 0 Å². The zero-order chi connectivity index (χ0) is 65.2. The van der Waals surface area contributed by atoms with Crippen molar-refractivity contribution >= 4 is 161 Å². The Balaban J connectivity index is -0.000000351. The zero-order valence-corrected chi connectivity index (χ0v) is 70.2. The van der Waals surface area contributed by atoms with Gasteiger partial charge >= 0.3 is 21.1 Å². The van der Waals surface area contributed by atoms with Crippen LogP contribution in [0.15, 0.2) is 48.6 Å². The van der Waals surface area contributed by atoms with Crippen molar-refractivity contribution in [3.8, 4) is 0 Å². The van der Waals surface area contributed by atoms with Gasteiger partial charge in [0.15, 0.2) is 0 Å². The van der Waals surface area contributed by atoms with Gasteiger partial charge in [-0.2, -0.15) is 0 Å². The van der Waals surface area contributed by atoms with E-state index >= 15 is 0 Å². The number of thiocarbonyl (C=S) groups is 4. The molecule has 0 amide bonds. The van der Waals surface area contributed by atoms with E-state index in [0.717, 1.165) is 23.0 Å². The van der Waals surface area contributed by atoms with E-state index in [9.17, 15) is 0 Å². The van der Waals surface area contributed by atoms with E-state index in [-0.39, 0.29) is 21.1 Å². The summed E-state index contributed by atoms with van der Waals surface area (Å²) in [7, 11) is 0. The average Bonchev–Trinajstić information content (AvgIpc) is 3.50. The maximum Gasteiger partial charge on any atom is 4.00 e. The first-order valence-corrected chi connectivity index (χ1v) is 44.2. The van der Waals surface area contributed by atoms with Crippen LogP contribution in [0.5, 0.6) is 0 Å². The maximum absolute atomic E-state index is 4.88. The molecule has 0 rings (SSSR count). The molecule has 522 valence electrons. The molecule has 89 heavy (non-hydrogen) atoms. The Morgan fingerprint density at radius 3 is 0.438 bits per heavy atom. The Labute approximate surface area is 633 Å². The first-order valence-electron chi connectivity index (χ1n) is 37.0. The largest absolute Gasteiger partial charge is 4.00 e. The third kappa shape index (κ3) is 115. The van der Waals surface area contributed by atoms with Crippen molar-refractivity contribution in [1.82, 2.24) is 0 Å². The van der Waals surface area contributed by atoms with Crippen molar-refractivity contribution in [2.45, 2.75) is 387 Å². The fourth-order valence-electron chi connectivity index (χ4n) is 10.0. The molecule has 0 aliphatic carbocycles. The van der Waals surface area contributed by atoms with E-state index in [1.807, 2.05) is 0 Å². The van der Waals surface area contributed by atoms with Crippen LogP contribution in [0.1, 0.15) is 387 Å². The summed E-state index contributed by atoms with van der Waals surface area (Å²) in [6.45, 7) is 9.11. The summed E-state index contributed by atoms with van der Waals surface area (Å²) >= 11 is 45.6. The predicted molar refractivity (Wildman–Crippen MR) is 447 cm³/mol. The Kier molecular flexibility index (Phi) is 109. The van der Waals surface area contributed by atoms with Crippen LogP contribution in [-0.2, 0) is 71.6 Å². The predicted octanol–water partition coefficient (Wildman–Crippen LogP) is 30.4. The van der Waals surface area contributed by atoms with E-state index in [1.165, 1.54) is 360 Å². The van der Waals surface area contributed by atoms with Gasteiger partial charge in [-0.3, -0.25) is 0 Å². The van der Waals surface area contributed by atoms with Crippen LogP contribution in [0, 0.1) is 0 Å². The summed E-state index contributed by atoms with van der Waals surface area (Å²) in [4.78, 5) is 0. The molecule has 0 N–H and O–H groups in total. The molecule has 0 nitrogen and oxygen atoms in total. The summed E-state index contributed by atoms with van der Waals surface area (Å²) in [6, 6.07) is 0. The van der Waals surface area contributed by atoms with E-state index in [4.69, 9.17) is 99.4 Å². The average molecular weight is 1530 g/mol. The fraction of sp³-hybridized carbons (Fsp3) is 0.842. The van der Waals surface area contributed by atoms with E-state index in [0.29, 0.717) is 14.1 Å². The normalized spacial score (nSPS) is 11.2. The summed E-state index contributed by atoms with van der Waals surface area (Å²) in [6.07, 6.45) is 95.4. The van der Waals surface area contributed by atoms with Crippen LogP contribution >= 0.6 is 95.9 Å². The van der Waals surface area contributed by atoms with E-state index in [2.05, 4.69) is 76.3 Å². The first kappa shape index (κ1) is 99.9. The van der Waals surface area contributed by atoms with Gasteiger partial charge in [0, 0.05) is 0 Å². The van der Waals surface area contributed by atoms with Gasteiger partial charge in [0.25, 0.3) is 0 Å². The first-order chi connectivity index (χ1) is 43.1. The molecule has 0 aliphatic heterocycles. The molecule has 0 aromatic heterocycles. The van der Waals surface area contributed by atoms with Gasteiger partial charge in [0.2, 0.25) is 0 Å². The van der Waals surface area contributed by atoms with Gasteiger partial charge < -0.3 is 99.4 Å². The standard InChI is InChI=1S/4C19H36S3.Mo/c4*1-2-3-4-5-6-7-8-9-10-11-12-13-14-15-16-17-18-22-19(20)21;/h4*9-10H,2-8,11-18H2,1H3,(H,20,21);/q;;;;+4/p-4/b4*10-9-;. The molecule has 0 aromatic rings. The Morgan fingerprint density at radius 2 is 0.315 bits per heavy atom. The minimum absolute atomic E-state index is 0. The van der Waals surface area contributed by atoms with Crippen molar-refractivity contribution in [3.63, 3.8) is 0 Å². The van der Waals surface area contributed by atoms with Crippen molar-refractivity contribution in [3.05, 3.63) is 48.6 Å². The van der Waals surface area contributed by atoms with Crippen molar-refractivity contribution < 1.29 is 21.1 Å². The number of hydrogen-bond acceptors (Lipinski definition) is 12. The Hall–Kier alpha value is 2.29. The van der Waals surface area contributed by atoms with Gasteiger partial charge in [0.05, 0.1) is 0 Å². The SMILES string of the molecule is CCCCCCCC/C=C\CCCCCCCCSC(=S)[S-].CCCCCCCC/C=C\CCCCCCCCSC(=S)[S-].CCCCCCCC/C=C\CCCCCCCCSC(=S)[S-].CCCCCCCC/C=C\CCCCCCCCSC(=S)[S-].[Mo+4]. The molecule has 0 aromatic carbocycles. The number of thioether (sulfide) groups is 4. The van der Waals surface area contributed by atoms with Crippen molar-refractivity contribution in [2.75, 3.05) is 23.0 Å². The smallest absolute Gasteiger partial charge is 0.422 e. The molecule has 0 bridgehead atoms. The minimum Gasteiger partial charge on any atom is -0.422 e. The zero-order valence-electron chi connectivity index (χ0n) is 58.4. The van der Waals surface area contributed by atoms with Gasteiger partial charge in [-0.15, -0.1) is 47.0 Å².